The fourth-order valence-corrected chi connectivity index (χ4v) is 1.59. The van der Waals surface area contributed by atoms with Gasteiger partial charge in [-0.2, -0.15) is 0 Å². The molecular weight excluding hydrogens is 282 g/mol. The van der Waals surface area contributed by atoms with Crippen LogP contribution in [-0.2, 0) is 0 Å². The standard InChI is InChI=1S/C12H10ClN5O2/c13-10-6-8(2-4-16-10)18-12(20)17-7-1-3-15-9(5-7)11(14)19/h1-6H,(H2,14,19)(H2,15,16,17,18,20). The predicted octanol–water partition coefficient (Wildman–Crippen LogP) is 1.87. The Labute approximate surface area is 119 Å². The van der Waals surface area contributed by atoms with E-state index in [-0.39, 0.29) is 10.8 Å². The first kappa shape index (κ1) is 13.8. The Kier molecular flexibility index (Phi) is 4.11. The van der Waals surface area contributed by atoms with Gasteiger partial charge in [0.2, 0.25) is 0 Å². The molecule has 0 spiro atoms. The normalized spacial score (nSPS) is 9.85. The Morgan fingerprint density at radius 1 is 1.05 bits per heavy atom. The third-order valence-electron chi connectivity index (χ3n) is 2.25. The summed E-state index contributed by atoms with van der Waals surface area (Å²) in [4.78, 5) is 30.3. The number of carbonyl (C=O) groups is 2. The van der Waals surface area contributed by atoms with Crippen LogP contribution in [-0.4, -0.2) is 21.9 Å². The molecule has 2 aromatic heterocycles. The van der Waals surface area contributed by atoms with Crippen LogP contribution in [0.15, 0.2) is 36.7 Å². The molecule has 0 saturated carbocycles. The number of amides is 3. The number of rotatable bonds is 3. The van der Waals surface area contributed by atoms with E-state index < -0.39 is 11.9 Å². The number of hydrogen-bond acceptors (Lipinski definition) is 4. The van der Waals surface area contributed by atoms with Gasteiger partial charge in [-0.3, -0.25) is 9.78 Å². The lowest BCUT2D eigenvalue weighted by molar-refractivity contribution is 0.0995. The van der Waals surface area contributed by atoms with Crippen molar-refractivity contribution in [3.8, 4) is 0 Å². The van der Waals surface area contributed by atoms with E-state index in [2.05, 4.69) is 20.6 Å². The summed E-state index contributed by atoms with van der Waals surface area (Å²) < 4.78 is 0. The van der Waals surface area contributed by atoms with E-state index in [4.69, 9.17) is 17.3 Å². The molecule has 2 heterocycles. The molecule has 2 rings (SSSR count). The third kappa shape index (κ3) is 3.66. The lowest BCUT2D eigenvalue weighted by Gasteiger charge is -2.08. The highest BCUT2D eigenvalue weighted by atomic mass is 35.5. The summed E-state index contributed by atoms with van der Waals surface area (Å²) >= 11 is 5.70. The van der Waals surface area contributed by atoms with E-state index in [1.165, 1.54) is 30.6 Å². The van der Waals surface area contributed by atoms with Crippen molar-refractivity contribution in [3.05, 3.63) is 47.5 Å². The number of anilines is 2. The first-order valence-corrected chi connectivity index (χ1v) is 5.88. The Morgan fingerprint density at radius 2 is 1.65 bits per heavy atom. The quantitative estimate of drug-likeness (QED) is 0.750. The smallest absolute Gasteiger partial charge is 0.323 e. The monoisotopic (exact) mass is 291 g/mol. The molecule has 8 heteroatoms. The third-order valence-corrected chi connectivity index (χ3v) is 2.46. The van der Waals surface area contributed by atoms with Gasteiger partial charge in [0.1, 0.15) is 10.8 Å². The number of urea groups is 1. The molecule has 102 valence electrons. The summed E-state index contributed by atoms with van der Waals surface area (Å²) in [7, 11) is 0. The van der Waals surface area contributed by atoms with Gasteiger partial charge in [0.15, 0.2) is 0 Å². The predicted molar refractivity (Wildman–Crippen MR) is 74.6 cm³/mol. The number of aromatic nitrogens is 2. The largest absolute Gasteiger partial charge is 0.364 e. The van der Waals surface area contributed by atoms with E-state index in [1.807, 2.05) is 0 Å². The van der Waals surface area contributed by atoms with Crippen LogP contribution in [0.3, 0.4) is 0 Å². The van der Waals surface area contributed by atoms with Gasteiger partial charge < -0.3 is 16.4 Å². The summed E-state index contributed by atoms with van der Waals surface area (Å²) in [5.74, 6) is -0.671. The molecule has 0 bridgehead atoms. The maximum absolute atomic E-state index is 11.8. The van der Waals surface area contributed by atoms with Gasteiger partial charge in [-0.05, 0) is 24.3 Å². The number of pyridine rings is 2. The van der Waals surface area contributed by atoms with Gasteiger partial charge in [-0.25, -0.2) is 9.78 Å². The number of nitrogens with two attached hydrogens (primary N) is 1. The van der Waals surface area contributed by atoms with E-state index in [9.17, 15) is 9.59 Å². The average molecular weight is 292 g/mol. The lowest BCUT2D eigenvalue weighted by Crippen LogP contribution is -2.20. The van der Waals surface area contributed by atoms with Crippen LogP contribution in [0.2, 0.25) is 5.15 Å². The molecule has 0 aliphatic carbocycles. The summed E-state index contributed by atoms with van der Waals surface area (Å²) in [6.45, 7) is 0. The SMILES string of the molecule is NC(=O)c1cc(NC(=O)Nc2ccnc(Cl)c2)ccn1. The molecular formula is C12H10ClN5O2. The van der Waals surface area contributed by atoms with Crippen LogP contribution >= 0.6 is 11.6 Å². The Morgan fingerprint density at radius 3 is 2.25 bits per heavy atom. The highest BCUT2D eigenvalue weighted by Crippen LogP contribution is 2.13. The van der Waals surface area contributed by atoms with Gasteiger partial charge >= 0.3 is 6.03 Å². The van der Waals surface area contributed by atoms with Crippen LogP contribution in [0.5, 0.6) is 0 Å². The van der Waals surface area contributed by atoms with Gasteiger partial charge in [-0.1, -0.05) is 11.6 Å². The molecule has 20 heavy (non-hydrogen) atoms. The Hall–Kier alpha value is -2.67. The first-order valence-electron chi connectivity index (χ1n) is 5.50. The van der Waals surface area contributed by atoms with Crippen LogP contribution < -0.4 is 16.4 Å². The lowest BCUT2D eigenvalue weighted by atomic mass is 10.3. The molecule has 0 aromatic carbocycles. The average Bonchev–Trinajstić information content (AvgIpc) is 2.38. The topological polar surface area (TPSA) is 110 Å². The van der Waals surface area contributed by atoms with Crippen LogP contribution in [0.25, 0.3) is 0 Å². The number of nitrogens with one attached hydrogen (secondary N) is 2. The van der Waals surface area contributed by atoms with Gasteiger partial charge in [0.25, 0.3) is 5.91 Å². The zero-order valence-electron chi connectivity index (χ0n) is 10.1. The zero-order chi connectivity index (χ0) is 14.5. The second kappa shape index (κ2) is 5.98. The maximum atomic E-state index is 11.8. The van der Waals surface area contributed by atoms with E-state index in [0.29, 0.717) is 11.4 Å². The van der Waals surface area contributed by atoms with E-state index in [0.717, 1.165) is 0 Å². The molecule has 4 N–H and O–H groups in total. The van der Waals surface area contributed by atoms with Gasteiger partial charge in [0.05, 0.1) is 0 Å². The van der Waals surface area contributed by atoms with Gasteiger partial charge in [-0.15, -0.1) is 0 Å². The fraction of sp³-hybridized carbons (Fsp3) is 0. The molecule has 0 aliphatic heterocycles. The minimum atomic E-state index is -0.671. The highest BCUT2D eigenvalue weighted by Gasteiger charge is 2.06. The van der Waals surface area contributed by atoms with Crippen molar-refractivity contribution in [2.75, 3.05) is 10.6 Å². The second-order valence-corrected chi connectivity index (χ2v) is 4.13. The first-order chi connectivity index (χ1) is 9.54. The van der Waals surface area contributed by atoms with Crippen LogP contribution in [0.4, 0.5) is 16.2 Å². The molecule has 3 amide bonds. The zero-order valence-corrected chi connectivity index (χ0v) is 10.9. The van der Waals surface area contributed by atoms with Crippen molar-refractivity contribution in [2.24, 2.45) is 5.73 Å². The molecule has 0 fully saturated rings. The van der Waals surface area contributed by atoms with E-state index >= 15 is 0 Å². The number of nitrogens with zero attached hydrogens (tertiary/aromatic N) is 2. The summed E-state index contributed by atoms with van der Waals surface area (Å²) in [6, 6.07) is 5.51. The molecule has 0 aliphatic rings. The van der Waals surface area contributed by atoms with Crippen molar-refractivity contribution in [3.63, 3.8) is 0 Å². The molecule has 2 aromatic rings. The minimum Gasteiger partial charge on any atom is -0.364 e. The number of primary amides is 1. The number of halogens is 1. The van der Waals surface area contributed by atoms with Gasteiger partial charge in [0, 0.05) is 23.8 Å². The van der Waals surface area contributed by atoms with Crippen LogP contribution in [0.1, 0.15) is 10.5 Å². The highest BCUT2D eigenvalue weighted by molar-refractivity contribution is 6.29. The van der Waals surface area contributed by atoms with Crippen LogP contribution in [0, 0.1) is 0 Å². The van der Waals surface area contributed by atoms with Crippen molar-refractivity contribution in [1.29, 1.82) is 0 Å². The van der Waals surface area contributed by atoms with Crippen molar-refractivity contribution in [1.82, 2.24) is 9.97 Å². The van der Waals surface area contributed by atoms with Crippen molar-refractivity contribution < 1.29 is 9.59 Å². The molecule has 0 unspecified atom stereocenters. The number of hydrogen-bond donors (Lipinski definition) is 3. The summed E-state index contributed by atoms with van der Waals surface area (Å²) in [5.41, 5.74) is 6.05. The molecule has 0 saturated heterocycles. The minimum absolute atomic E-state index is 0.0646. The second-order valence-electron chi connectivity index (χ2n) is 3.74. The maximum Gasteiger partial charge on any atom is 0.323 e. The summed E-state index contributed by atoms with van der Waals surface area (Å²) in [5, 5.41) is 5.38. The van der Waals surface area contributed by atoms with E-state index in [1.54, 1.807) is 6.07 Å². The Balaban J connectivity index is 2.04. The van der Waals surface area contributed by atoms with Crippen molar-refractivity contribution >= 4 is 34.9 Å². The number of carbonyl (C=O) groups excluding carboxylic acids is 2. The van der Waals surface area contributed by atoms with Crippen molar-refractivity contribution in [2.45, 2.75) is 0 Å². The molecule has 0 radical (unpaired) electrons. The molecule has 0 atom stereocenters. The summed E-state index contributed by atoms with van der Waals surface area (Å²) in [6.07, 6.45) is 2.84. The molecule has 7 nitrogen and oxygen atoms in total. The Bertz CT molecular complexity index is 662. The fourth-order valence-electron chi connectivity index (χ4n) is 1.42.